The zero-order valence-electron chi connectivity index (χ0n) is 16.9. The topological polar surface area (TPSA) is 66.0 Å². The van der Waals surface area contributed by atoms with E-state index in [0.29, 0.717) is 25.6 Å². The molecule has 0 saturated heterocycles. The number of hydrogen-bond donors (Lipinski definition) is 2. The molecule has 0 aliphatic carbocycles. The summed E-state index contributed by atoms with van der Waals surface area (Å²) in [7, 11) is 3.49. The minimum atomic E-state index is -0.263. The van der Waals surface area contributed by atoms with Crippen LogP contribution < -0.4 is 15.4 Å². The zero-order valence-corrected chi connectivity index (χ0v) is 19.3. The lowest BCUT2D eigenvalue weighted by Crippen LogP contribution is -2.39. The number of benzene rings is 2. The van der Waals surface area contributed by atoms with Gasteiger partial charge in [0.1, 0.15) is 18.1 Å². The Hall–Kier alpha value is -2.36. The van der Waals surface area contributed by atoms with Crippen LogP contribution in [0.3, 0.4) is 0 Å². The molecule has 0 unspecified atom stereocenters. The Kier molecular flexibility index (Phi) is 11.0. The van der Waals surface area contributed by atoms with Gasteiger partial charge in [0.2, 0.25) is 5.91 Å². The number of amides is 1. The molecule has 8 heteroatoms. The monoisotopic (exact) mass is 514 g/mol. The Balaban J connectivity index is 0.00000420. The highest BCUT2D eigenvalue weighted by molar-refractivity contribution is 14.0. The van der Waals surface area contributed by atoms with Gasteiger partial charge in [-0.05, 0) is 42.3 Å². The van der Waals surface area contributed by atoms with Crippen molar-refractivity contribution in [3.05, 3.63) is 65.5 Å². The first kappa shape index (κ1) is 24.7. The summed E-state index contributed by atoms with van der Waals surface area (Å²) in [6.07, 6.45) is 0. The number of nitrogens with zero attached hydrogens (tertiary/aromatic N) is 2. The largest absolute Gasteiger partial charge is 0.497 e. The van der Waals surface area contributed by atoms with Gasteiger partial charge in [-0.2, -0.15) is 0 Å². The number of carbonyl (C=O) groups excluding carboxylic acids is 1. The van der Waals surface area contributed by atoms with E-state index in [1.807, 2.05) is 43.1 Å². The van der Waals surface area contributed by atoms with Crippen molar-refractivity contribution in [1.29, 1.82) is 0 Å². The predicted octanol–water partition coefficient (Wildman–Crippen LogP) is 3.17. The van der Waals surface area contributed by atoms with E-state index in [1.165, 1.54) is 12.1 Å². The molecule has 0 saturated carbocycles. The standard InChI is InChI=1S/C21H27FN4O2.HI/c1-4-23-21(26(2)15-17-5-9-18(22)10-6-17)25-14-20(27)24-13-16-7-11-19(28-3)12-8-16;/h5-12H,4,13-15H2,1-3H3,(H,23,25)(H,24,27);1H. The van der Waals surface area contributed by atoms with Crippen molar-refractivity contribution in [3.8, 4) is 5.75 Å². The van der Waals surface area contributed by atoms with Gasteiger partial charge >= 0.3 is 0 Å². The number of halogens is 2. The fourth-order valence-electron chi connectivity index (χ4n) is 2.55. The molecule has 0 atom stereocenters. The molecule has 0 aromatic heterocycles. The summed E-state index contributed by atoms with van der Waals surface area (Å²) < 4.78 is 18.2. The molecule has 6 nitrogen and oxygen atoms in total. The van der Waals surface area contributed by atoms with Crippen molar-refractivity contribution >= 4 is 35.8 Å². The molecule has 29 heavy (non-hydrogen) atoms. The third kappa shape index (κ3) is 8.68. The molecule has 0 radical (unpaired) electrons. The molecule has 2 aromatic rings. The molecule has 2 aromatic carbocycles. The van der Waals surface area contributed by atoms with Crippen LogP contribution in [0.15, 0.2) is 53.5 Å². The van der Waals surface area contributed by atoms with Crippen LogP contribution in [0.2, 0.25) is 0 Å². The second-order valence-corrected chi connectivity index (χ2v) is 6.28. The number of rotatable bonds is 8. The second kappa shape index (κ2) is 13.0. The fourth-order valence-corrected chi connectivity index (χ4v) is 2.55. The number of carbonyl (C=O) groups is 1. The van der Waals surface area contributed by atoms with Crippen LogP contribution in [0, 0.1) is 5.82 Å². The Morgan fingerprint density at radius 2 is 1.69 bits per heavy atom. The highest BCUT2D eigenvalue weighted by Crippen LogP contribution is 2.11. The first-order valence-corrected chi connectivity index (χ1v) is 9.15. The predicted molar refractivity (Wildman–Crippen MR) is 124 cm³/mol. The van der Waals surface area contributed by atoms with Crippen molar-refractivity contribution in [2.24, 2.45) is 4.99 Å². The van der Waals surface area contributed by atoms with E-state index in [9.17, 15) is 9.18 Å². The van der Waals surface area contributed by atoms with Crippen LogP contribution in [-0.2, 0) is 17.9 Å². The summed E-state index contributed by atoms with van der Waals surface area (Å²) in [6.45, 7) is 3.65. The van der Waals surface area contributed by atoms with Crippen LogP contribution in [0.1, 0.15) is 18.1 Å². The molecular weight excluding hydrogens is 486 g/mol. The summed E-state index contributed by atoms with van der Waals surface area (Å²) in [5.41, 5.74) is 1.94. The molecule has 0 fully saturated rings. The van der Waals surface area contributed by atoms with Crippen LogP contribution in [0.25, 0.3) is 0 Å². The lowest BCUT2D eigenvalue weighted by atomic mass is 10.2. The first-order valence-electron chi connectivity index (χ1n) is 9.15. The van der Waals surface area contributed by atoms with Gasteiger partial charge in [-0.25, -0.2) is 9.38 Å². The average molecular weight is 514 g/mol. The van der Waals surface area contributed by atoms with Gasteiger partial charge in [0.25, 0.3) is 0 Å². The number of guanidine groups is 1. The molecule has 0 bridgehead atoms. The Bertz CT molecular complexity index is 782. The summed E-state index contributed by atoms with van der Waals surface area (Å²) >= 11 is 0. The maximum absolute atomic E-state index is 13.0. The molecule has 0 aliphatic rings. The molecule has 1 amide bonds. The number of aliphatic imine (C=N–C) groups is 1. The van der Waals surface area contributed by atoms with Crippen LogP contribution >= 0.6 is 24.0 Å². The highest BCUT2D eigenvalue weighted by Gasteiger charge is 2.08. The van der Waals surface area contributed by atoms with E-state index in [2.05, 4.69) is 15.6 Å². The van der Waals surface area contributed by atoms with Crippen molar-refractivity contribution < 1.29 is 13.9 Å². The summed E-state index contributed by atoms with van der Waals surface area (Å²) in [4.78, 5) is 18.4. The van der Waals surface area contributed by atoms with Crippen molar-refractivity contribution in [1.82, 2.24) is 15.5 Å². The first-order chi connectivity index (χ1) is 13.5. The normalized spacial score (nSPS) is 10.7. The van der Waals surface area contributed by atoms with Crippen molar-refractivity contribution in [2.75, 3.05) is 27.2 Å². The Labute approximate surface area is 188 Å². The molecule has 0 heterocycles. The minimum Gasteiger partial charge on any atom is -0.497 e. The van der Waals surface area contributed by atoms with E-state index in [1.54, 1.807) is 19.2 Å². The third-order valence-corrected chi connectivity index (χ3v) is 4.05. The molecule has 2 N–H and O–H groups in total. The highest BCUT2D eigenvalue weighted by atomic mass is 127. The van der Waals surface area contributed by atoms with Gasteiger partial charge in [-0.3, -0.25) is 4.79 Å². The van der Waals surface area contributed by atoms with E-state index in [0.717, 1.165) is 16.9 Å². The number of ether oxygens (including phenoxy) is 1. The second-order valence-electron chi connectivity index (χ2n) is 6.28. The van der Waals surface area contributed by atoms with E-state index in [4.69, 9.17) is 4.74 Å². The van der Waals surface area contributed by atoms with E-state index < -0.39 is 0 Å². The van der Waals surface area contributed by atoms with Crippen LogP contribution in [-0.4, -0.2) is 44.0 Å². The van der Waals surface area contributed by atoms with Gasteiger partial charge in [0, 0.05) is 26.7 Å². The van der Waals surface area contributed by atoms with Gasteiger partial charge in [0.15, 0.2) is 5.96 Å². The Morgan fingerprint density at radius 3 is 2.28 bits per heavy atom. The maximum Gasteiger partial charge on any atom is 0.242 e. The summed E-state index contributed by atoms with van der Waals surface area (Å²) in [5.74, 6) is 0.965. The molecule has 0 spiro atoms. The number of nitrogens with one attached hydrogen (secondary N) is 2. The van der Waals surface area contributed by atoms with Crippen molar-refractivity contribution in [2.45, 2.75) is 20.0 Å². The van der Waals surface area contributed by atoms with Crippen LogP contribution in [0.5, 0.6) is 5.75 Å². The van der Waals surface area contributed by atoms with Gasteiger partial charge in [0.05, 0.1) is 7.11 Å². The average Bonchev–Trinajstić information content (AvgIpc) is 2.71. The minimum absolute atomic E-state index is 0. The van der Waals surface area contributed by atoms with Gasteiger partial charge < -0.3 is 20.3 Å². The zero-order chi connectivity index (χ0) is 20.4. The Morgan fingerprint density at radius 1 is 1.07 bits per heavy atom. The van der Waals surface area contributed by atoms with E-state index in [-0.39, 0.29) is 42.2 Å². The van der Waals surface area contributed by atoms with E-state index >= 15 is 0 Å². The molecular formula is C21H28FIN4O2. The SMILES string of the molecule is CCNC(=NCC(=O)NCc1ccc(OC)cc1)N(C)Cc1ccc(F)cc1.I. The lowest BCUT2D eigenvalue weighted by Gasteiger charge is -2.22. The van der Waals surface area contributed by atoms with Gasteiger partial charge in [-0.1, -0.05) is 24.3 Å². The lowest BCUT2D eigenvalue weighted by molar-refractivity contribution is -0.119. The number of methoxy groups -OCH3 is 1. The molecule has 0 aliphatic heterocycles. The maximum atomic E-state index is 13.0. The third-order valence-electron chi connectivity index (χ3n) is 4.05. The summed E-state index contributed by atoms with van der Waals surface area (Å²) in [5, 5.41) is 6.02. The summed E-state index contributed by atoms with van der Waals surface area (Å²) in [6, 6.07) is 13.8. The smallest absolute Gasteiger partial charge is 0.242 e. The van der Waals surface area contributed by atoms with Crippen molar-refractivity contribution in [3.63, 3.8) is 0 Å². The molecule has 2 rings (SSSR count). The molecule has 158 valence electrons. The number of hydrogen-bond acceptors (Lipinski definition) is 3. The van der Waals surface area contributed by atoms with Crippen LogP contribution in [0.4, 0.5) is 4.39 Å². The quantitative estimate of drug-likeness (QED) is 0.323. The fraction of sp³-hybridized carbons (Fsp3) is 0.333. The van der Waals surface area contributed by atoms with Gasteiger partial charge in [-0.15, -0.1) is 24.0 Å².